The van der Waals surface area contributed by atoms with Crippen LogP contribution in [0.5, 0.6) is 0 Å². The number of nitrogens with zero attached hydrogens (tertiary/aromatic N) is 2. The molecule has 2 aliphatic rings. The number of imide groups is 1. The average molecular weight is 407 g/mol. The second-order valence-electron chi connectivity index (χ2n) is 8.18. The lowest BCUT2D eigenvalue weighted by molar-refractivity contribution is -0.873. The molecule has 136 valence electrons. The number of carbonyl (C=O) groups excluding carboxylic acids is 2. The first-order chi connectivity index (χ1) is 11.3. The minimum atomic E-state index is -0.210. The van der Waals surface area contributed by atoms with Gasteiger partial charge in [0.2, 0.25) is 11.8 Å². The van der Waals surface area contributed by atoms with Gasteiger partial charge in [0, 0.05) is 5.92 Å². The molecule has 2 amide bonds. The van der Waals surface area contributed by atoms with Gasteiger partial charge >= 0.3 is 0 Å². The minimum absolute atomic E-state index is 0. The summed E-state index contributed by atoms with van der Waals surface area (Å²) in [6.07, 6.45) is 4.28. The Morgan fingerprint density at radius 2 is 1.56 bits per heavy atom. The molecule has 1 aliphatic carbocycles. The van der Waals surface area contributed by atoms with Crippen LogP contribution in [-0.4, -0.2) is 48.9 Å². The normalized spacial score (nSPS) is 28.7. The number of amides is 2. The Hall–Kier alpha value is -1.46. The predicted octanol–water partition coefficient (Wildman–Crippen LogP) is -0.680. The molecule has 4 unspecified atom stereocenters. The number of rotatable bonds is 4. The van der Waals surface area contributed by atoms with Gasteiger partial charge in [-0.15, -0.1) is 0 Å². The molecule has 0 bridgehead atoms. The first-order valence-corrected chi connectivity index (χ1v) is 8.66. The second-order valence-corrected chi connectivity index (χ2v) is 8.18. The second kappa shape index (κ2) is 7.42. The van der Waals surface area contributed by atoms with Gasteiger partial charge in [-0.3, -0.25) is 14.5 Å². The molecule has 1 saturated heterocycles. The van der Waals surface area contributed by atoms with Crippen LogP contribution in [0.15, 0.2) is 42.5 Å². The van der Waals surface area contributed by atoms with Gasteiger partial charge in [-0.2, -0.15) is 0 Å². The van der Waals surface area contributed by atoms with Gasteiger partial charge in [0.15, 0.2) is 0 Å². The highest BCUT2D eigenvalue weighted by atomic mass is 79.9. The fourth-order valence-electron chi connectivity index (χ4n) is 4.06. The predicted molar refractivity (Wildman–Crippen MR) is 93.7 cm³/mol. The lowest BCUT2D eigenvalue weighted by atomic mass is 9.72. The molecule has 3 rings (SSSR count). The van der Waals surface area contributed by atoms with Crippen molar-refractivity contribution in [3.8, 4) is 0 Å². The van der Waals surface area contributed by atoms with Crippen LogP contribution >= 0.6 is 0 Å². The standard InChI is InChI=1S/C20H27N2O2.BrH/c1-14-10-11-16(13-22(2,3)4)18-17(14)19(23)21(20(18)24)12-15-8-6-5-7-9-15;/h5-11,14,16-18H,12-13H2,1-4H3;1H/q+1;/p-1. The smallest absolute Gasteiger partial charge is 0.234 e. The molecule has 1 aromatic carbocycles. The summed E-state index contributed by atoms with van der Waals surface area (Å²) in [6, 6.07) is 9.76. The molecule has 4 nitrogen and oxygen atoms in total. The Balaban J connectivity index is 0.00000225. The van der Waals surface area contributed by atoms with Crippen molar-refractivity contribution < 1.29 is 31.1 Å². The van der Waals surface area contributed by atoms with Gasteiger partial charge in [-0.25, -0.2) is 0 Å². The highest BCUT2D eigenvalue weighted by Crippen LogP contribution is 2.42. The van der Waals surface area contributed by atoms with Crippen molar-refractivity contribution in [3.63, 3.8) is 0 Å². The van der Waals surface area contributed by atoms with E-state index < -0.39 is 0 Å². The van der Waals surface area contributed by atoms with Crippen LogP contribution < -0.4 is 17.0 Å². The number of hydrogen-bond acceptors (Lipinski definition) is 2. The zero-order chi connectivity index (χ0) is 17.5. The lowest BCUT2D eigenvalue weighted by Crippen LogP contribution is -3.00. The molecule has 0 saturated carbocycles. The number of halogens is 1. The number of benzene rings is 1. The topological polar surface area (TPSA) is 37.4 Å². The molecule has 5 heteroatoms. The molecule has 0 spiro atoms. The number of allylic oxidation sites excluding steroid dienone is 1. The Labute approximate surface area is 160 Å². The van der Waals surface area contributed by atoms with Crippen LogP contribution in [0, 0.1) is 23.7 Å². The molecule has 0 aromatic heterocycles. The van der Waals surface area contributed by atoms with Crippen molar-refractivity contribution in [3.05, 3.63) is 48.0 Å². The van der Waals surface area contributed by atoms with E-state index in [1.807, 2.05) is 37.3 Å². The third kappa shape index (κ3) is 4.04. The fraction of sp³-hybridized carbons (Fsp3) is 0.500. The Kier molecular flexibility index (Phi) is 5.89. The summed E-state index contributed by atoms with van der Waals surface area (Å²) >= 11 is 0. The van der Waals surface area contributed by atoms with E-state index in [0.29, 0.717) is 6.54 Å². The summed E-state index contributed by atoms with van der Waals surface area (Å²) < 4.78 is 0.784. The van der Waals surface area contributed by atoms with Crippen LogP contribution in [0.1, 0.15) is 12.5 Å². The Morgan fingerprint density at radius 1 is 0.960 bits per heavy atom. The van der Waals surface area contributed by atoms with Gasteiger partial charge in [0.25, 0.3) is 0 Å². The first-order valence-electron chi connectivity index (χ1n) is 8.66. The van der Waals surface area contributed by atoms with Crippen molar-refractivity contribution in [2.75, 3.05) is 27.7 Å². The van der Waals surface area contributed by atoms with E-state index in [1.54, 1.807) is 0 Å². The summed E-state index contributed by atoms with van der Waals surface area (Å²) in [6.45, 7) is 3.30. The Morgan fingerprint density at radius 3 is 2.16 bits per heavy atom. The summed E-state index contributed by atoms with van der Waals surface area (Å²) in [5.41, 5.74) is 1.00. The summed E-state index contributed by atoms with van der Waals surface area (Å²) in [7, 11) is 6.39. The molecule has 0 radical (unpaired) electrons. The molecule has 1 aliphatic heterocycles. The Bertz CT molecular complexity index is 666. The first kappa shape index (κ1) is 19.9. The number of hydrogen-bond donors (Lipinski definition) is 0. The molecule has 4 atom stereocenters. The van der Waals surface area contributed by atoms with Gasteiger partial charge in [0.05, 0.1) is 46.1 Å². The lowest BCUT2D eigenvalue weighted by Gasteiger charge is -2.35. The van der Waals surface area contributed by atoms with E-state index in [2.05, 4.69) is 33.3 Å². The van der Waals surface area contributed by atoms with Crippen molar-refractivity contribution in [1.82, 2.24) is 4.90 Å². The average Bonchev–Trinajstić information content (AvgIpc) is 2.76. The molecule has 0 N–H and O–H groups in total. The van der Waals surface area contributed by atoms with E-state index in [0.717, 1.165) is 16.6 Å². The maximum Gasteiger partial charge on any atom is 0.234 e. The van der Waals surface area contributed by atoms with Crippen LogP contribution in [0.3, 0.4) is 0 Å². The third-order valence-electron chi connectivity index (χ3n) is 5.12. The van der Waals surface area contributed by atoms with Crippen LogP contribution in [0.2, 0.25) is 0 Å². The maximum atomic E-state index is 13.1. The number of likely N-dealkylation sites (tertiary alicyclic amines) is 1. The van der Waals surface area contributed by atoms with Gasteiger partial charge in [-0.1, -0.05) is 49.4 Å². The quantitative estimate of drug-likeness (QED) is 0.377. The highest BCUT2D eigenvalue weighted by molar-refractivity contribution is 6.05. The monoisotopic (exact) mass is 406 g/mol. The molecule has 1 fully saturated rings. The van der Waals surface area contributed by atoms with Gasteiger partial charge in [0.1, 0.15) is 0 Å². The van der Waals surface area contributed by atoms with E-state index in [9.17, 15) is 9.59 Å². The highest BCUT2D eigenvalue weighted by Gasteiger charge is 2.54. The van der Waals surface area contributed by atoms with Crippen LogP contribution in [0.4, 0.5) is 0 Å². The maximum absolute atomic E-state index is 13.1. The number of quaternary nitrogens is 1. The molecule has 25 heavy (non-hydrogen) atoms. The summed E-state index contributed by atoms with van der Waals surface area (Å²) in [5, 5.41) is 0. The molecular weight excluding hydrogens is 380 g/mol. The zero-order valence-corrected chi connectivity index (χ0v) is 16.9. The largest absolute Gasteiger partial charge is 1.00 e. The van der Waals surface area contributed by atoms with E-state index in [1.165, 1.54) is 4.90 Å². The number of carbonyl (C=O) groups is 2. The SMILES string of the molecule is CC1C=CC(C[N+](C)(C)C)C2C(=O)N(Cc3ccccc3)C(=O)C12.[Br-]. The van der Waals surface area contributed by atoms with Crippen LogP contribution in [0.25, 0.3) is 0 Å². The van der Waals surface area contributed by atoms with Crippen molar-refractivity contribution >= 4 is 11.8 Å². The van der Waals surface area contributed by atoms with Crippen molar-refractivity contribution in [1.29, 1.82) is 0 Å². The van der Waals surface area contributed by atoms with Gasteiger partial charge in [-0.05, 0) is 11.5 Å². The zero-order valence-electron chi connectivity index (χ0n) is 15.4. The van der Waals surface area contributed by atoms with Gasteiger partial charge < -0.3 is 21.5 Å². The van der Waals surface area contributed by atoms with E-state index in [-0.39, 0.29) is 52.5 Å². The molecular formula is C20H27BrN2O2. The van der Waals surface area contributed by atoms with Crippen molar-refractivity contribution in [2.45, 2.75) is 13.5 Å². The number of fused-ring (bicyclic) bond motifs is 1. The summed E-state index contributed by atoms with van der Waals surface area (Å²) in [5.74, 6) is -0.165. The summed E-state index contributed by atoms with van der Waals surface area (Å²) in [4.78, 5) is 27.5. The fourth-order valence-corrected chi connectivity index (χ4v) is 4.06. The third-order valence-corrected chi connectivity index (χ3v) is 5.12. The van der Waals surface area contributed by atoms with E-state index >= 15 is 0 Å². The van der Waals surface area contributed by atoms with E-state index in [4.69, 9.17) is 0 Å². The minimum Gasteiger partial charge on any atom is -1.00 e. The molecule has 1 aromatic rings. The molecule has 1 heterocycles. The van der Waals surface area contributed by atoms with Crippen molar-refractivity contribution in [2.24, 2.45) is 23.7 Å². The van der Waals surface area contributed by atoms with Crippen LogP contribution in [-0.2, 0) is 16.1 Å².